The highest BCUT2D eigenvalue weighted by Gasteiger charge is 2.44. The number of hydrogen-bond donors (Lipinski definition) is 0. The van der Waals surface area contributed by atoms with Crippen molar-refractivity contribution in [2.45, 2.75) is 38.4 Å². The third kappa shape index (κ3) is 3.07. The van der Waals surface area contributed by atoms with E-state index < -0.39 is 17.6 Å². The molecule has 18 heavy (non-hydrogen) atoms. The molecule has 1 unspecified atom stereocenters. The van der Waals surface area contributed by atoms with Gasteiger partial charge in [0, 0.05) is 33.0 Å². The molecule has 0 aromatic carbocycles. The van der Waals surface area contributed by atoms with Gasteiger partial charge in [0.1, 0.15) is 6.29 Å². The van der Waals surface area contributed by atoms with Crippen molar-refractivity contribution in [3.63, 3.8) is 0 Å². The predicted octanol–water partition coefficient (Wildman–Crippen LogP) is 1.10. The van der Waals surface area contributed by atoms with Gasteiger partial charge in [0.15, 0.2) is 5.67 Å². The fourth-order valence-electron chi connectivity index (χ4n) is 2.33. The average molecular weight is 258 g/mol. The smallest absolute Gasteiger partial charge is 0.260 e. The average Bonchev–Trinajstić information content (AvgIpc) is 2.32. The van der Waals surface area contributed by atoms with Crippen LogP contribution in [0.15, 0.2) is 0 Å². The minimum atomic E-state index is -1.81. The number of likely N-dealkylation sites (tertiary alicyclic amines) is 1. The first kappa shape index (κ1) is 15.1. The molecule has 104 valence electrons. The molecular formula is C13H23FN2O2. The Morgan fingerprint density at radius 2 is 1.89 bits per heavy atom. The highest BCUT2D eigenvalue weighted by atomic mass is 19.1. The normalized spacial score (nSPS) is 21.7. The van der Waals surface area contributed by atoms with Gasteiger partial charge >= 0.3 is 0 Å². The van der Waals surface area contributed by atoms with E-state index in [1.807, 2.05) is 25.8 Å². The SMILES string of the molecule is CC(C)C(C=O)N(C)C(=O)C1(F)CCN(C)CC1. The molecule has 1 amide bonds. The molecule has 0 spiro atoms. The minimum absolute atomic E-state index is 0.00804. The standard InChI is InChI=1S/C13H23FN2O2/c1-10(2)11(9-17)16(4)12(18)13(14)5-7-15(3)8-6-13/h9-11H,5-8H2,1-4H3. The molecule has 1 aliphatic rings. The molecule has 1 rings (SSSR count). The van der Waals surface area contributed by atoms with E-state index in [1.165, 1.54) is 11.9 Å². The maximum Gasteiger partial charge on any atom is 0.260 e. The molecule has 0 aromatic rings. The van der Waals surface area contributed by atoms with Crippen molar-refractivity contribution < 1.29 is 14.0 Å². The lowest BCUT2D eigenvalue weighted by molar-refractivity contribution is -0.150. The van der Waals surface area contributed by atoms with Crippen LogP contribution in [-0.2, 0) is 9.59 Å². The van der Waals surface area contributed by atoms with Gasteiger partial charge in [0.25, 0.3) is 5.91 Å². The Hall–Kier alpha value is -0.970. The number of amides is 1. The largest absolute Gasteiger partial charge is 0.333 e. The third-order valence-corrected chi connectivity index (χ3v) is 3.75. The van der Waals surface area contributed by atoms with Crippen molar-refractivity contribution in [3.8, 4) is 0 Å². The quantitative estimate of drug-likeness (QED) is 0.709. The summed E-state index contributed by atoms with van der Waals surface area (Å²) in [6, 6.07) is -0.551. The summed E-state index contributed by atoms with van der Waals surface area (Å²) in [6.07, 6.45) is 1.13. The molecule has 5 heteroatoms. The molecule has 0 aliphatic carbocycles. The maximum absolute atomic E-state index is 14.6. The summed E-state index contributed by atoms with van der Waals surface area (Å²) in [5.74, 6) is -0.562. The number of carbonyl (C=O) groups is 2. The molecule has 0 saturated carbocycles. The van der Waals surface area contributed by atoms with Gasteiger partial charge < -0.3 is 14.6 Å². The number of halogens is 1. The lowest BCUT2D eigenvalue weighted by Crippen LogP contribution is -2.54. The van der Waals surface area contributed by atoms with E-state index >= 15 is 0 Å². The first-order valence-corrected chi connectivity index (χ1v) is 6.42. The molecule has 1 heterocycles. The molecule has 0 bridgehead atoms. The molecular weight excluding hydrogens is 235 g/mol. The van der Waals surface area contributed by atoms with Crippen LogP contribution in [-0.4, -0.2) is 60.9 Å². The molecule has 0 N–H and O–H groups in total. The van der Waals surface area contributed by atoms with Crippen molar-refractivity contribution in [3.05, 3.63) is 0 Å². The molecule has 0 aromatic heterocycles. The molecule has 4 nitrogen and oxygen atoms in total. The second kappa shape index (κ2) is 5.78. The Labute approximate surface area is 108 Å². The Kier molecular flexibility index (Phi) is 4.85. The van der Waals surface area contributed by atoms with Gasteiger partial charge in [-0.1, -0.05) is 13.8 Å². The topological polar surface area (TPSA) is 40.6 Å². The highest BCUT2D eigenvalue weighted by Crippen LogP contribution is 2.29. The van der Waals surface area contributed by atoms with E-state index in [0.717, 1.165) is 6.29 Å². The van der Waals surface area contributed by atoms with Crippen LogP contribution in [0.2, 0.25) is 0 Å². The summed E-state index contributed by atoms with van der Waals surface area (Å²) in [4.78, 5) is 26.5. The molecule has 1 aliphatic heterocycles. The van der Waals surface area contributed by atoms with Gasteiger partial charge in [-0.05, 0) is 13.0 Å². The van der Waals surface area contributed by atoms with Crippen LogP contribution < -0.4 is 0 Å². The van der Waals surface area contributed by atoms with E-state index in [-0.39, 0.29) is 18.8 Å². The predicted molar refractivity (Wildman–Crippen MR) is 68.0 cm³/mol. The second-order valence-electron chi connectivity index (χ2n) is 5.56. The first-order valence-electron chi connectivity index (χ1n) is 6.42. The number of nitrogens with zero attached hydrogens (tertiary/aromatic N) is 2. The van der Waals surface area contributed by atoms with Crippen LogP contribution in [0.4, 0.5) is 4.39 Å². The van der Waals surface area contributed by atoms with Crippen LogP contribution in [0.3, 0.4) is 0 Å². The van der Waals surface area contributed by atoms with Crippen LogP contribution in [0.25, 0.3) is 0 Å². The van der Waals surface area contributed by atoms with Crippen molar-refractivity contribution in [1.29, 1.82) is 0 Å². The van der Waals surface area contributed by atoms with Gasteiger partial charge in [-0.15, -0.1) is 0 Å². The monoisotopic (exact) mass is 258 g/mol. The van der Waals surface area contributed by atoms with E-state index in [0.29, 0.717) is 13.1 Å². The van der Waals surface area contributed by atoms with E-state index in [2.05, 4.69) is 0 Å². The van der Waals surface area contributed by atoms with Gasteiger partial charge in [-0.2, -0.15) is 0 Å². The fourth-order valence-corrected chi connectivity index (χ4v) is 2.33. The lowest BCUT2D eigenvalue weighted by Gasteiger charge is -2.38. The highest BCUT2D eigenvalue weighted by molar-refractivity contribution is 5.87. The Balaban J connectivity index is 2.76. The molecule has 1 saturated heterocycles. The zero-order chi connectivity index (χ0) is 13.9. The summed E-state index contributed by atoms with van der Waals surface area (Å²) in [7, 11) is 3.43. The number of carbonyl (C=O) groups excluding carboxylic acids is 2. The lowest BCUT2D eigenvalue weighted by atomic mass is 9.91. The fraction of sp³-hybridized carbons (Fsp3) is 0.846. The van der Waals surface area contributed by atoms with Crippen molar-refractivity contribution in [2.75, 3.05) is 27.2 Å². The van der Waals surface area contributed by atoms with Gasteiger partial charge in [-0.25, -0.2) is 4.39 Å². The molecule has 0 radical (unpaired) electrons. The minimum Gasteiger partial charge on any atom is -0.333 e. The summed E-state index contributed by atoms with van der Waals surface area (Å²) in [5, 5.41) is 0. The number of piperidine rings is 1. The Morgan fingerprint density at radius 3 is 2.28 bits per heavy atom. The number of hydrogen-bond acceptors (Lipinski definition) is 3. The maximum atomic E-state index is 14.6. The number of aldehydes is 1. The summed E-state index contributed by atoms with van der Waals surface area (Å²) in [5.41, 5.74) is -1.81. The van der Waals surface area contributed by atoms with Crippen LogP contribution in [0.1, 0.15) is 26.7 Å². The van der Waals surface area contributed by atoms with Gasteiger partial charge in [-0.3, -0.25) is 4.79 Å². The summed E-state index contributed by atoms with van der Waals surface area (Å²) < 4.78 is 14.6. The van der Waals surface area contributed by atoms with Crippen molar-refractivity contribution in [2.24, 2.45) is 5.92 Å². The van der Waals surface area contributed by atoms with Crippen LogP contribution in [0.5, 0.6) is 0 Å². The first-order chi connectivity index (χ1) is 8.31. The zero-order valence-corrected chi connectivity index (χ0v) is 11.6. The van der Waals surface area contributed by atoms with E-state index in [4.69, 9.17) is 0 Å². The Morgan fingerprint density at radius 1 is 1.39 bits per heavy atom. The molecule has 1 atom stereocenters. The number of likely N-dealkylation sites (N-methyl/N-ethyl adjacent to an activating group) is 1. The Bertz CT molecular complexity index is 312. The van der Waals surface area contributed by atoms with Crippen molar-refractivity contribution >= 4 is 12.2 Å². The second-order valence-corrected chi connectivity index (χ2v) is 5.56. The number of rotatable bonds is 4. The summed E-state index contributed by atoms with van der Waals surface area (Å²) in [6.45, 7) is 4.85. The van der Waals surface area contributed by atoms with E-state index in [9.17, 15) is 14.0 Å². The van der Waals surface area contributed by atoms with E-state index in [1.54, 1.807) is 0 Å². The van der Waals surface area contributed by atoms with Crippen LogP contribution in [0, 0.1) is 5.92 Å². The third-order valence-electron chi connectivity index (χ3n) is 3.75. The van der Waals surface area contributed by atoms with Gasteiger partial charge in [0.05, 0.1) is 6.04 Å². The van der Waals surface area contributed by atoms with Gasteiger partial charge in [0.2, 0.25) is 0 Å². The van der Waals surface area contributed by atoms with Crippen LogP contribution >= 0.6 is 0 Å². The summed E-state index contributed by atoms with van der Waals surface area (Å²) >= 11 is 0. The van der Waals surface area contributed by atoms with Crippen molar-refractivity contribution in [1.82, 2.24) is 9.80 Å². The zero-order valence-electron chi connectivity index (χ0n) is 11.6. The number of alkyl halides is 1. The molecule has 1 fully saturated rings.